The summed E-state index contributed by atoms with van der Waals surface area (Å²) in [5.41, 5.74) is 0. The molecular weight excluding hydrogens is 302 g/mol. The van der Waals surface area contributed by atoms with Crippen LogP contribution in [-0.2, 0) is 14.8 Å². The minimum Gasteiger partial charge on any atom is -0.550 e. The van der Waals surface area contributed by atoms with Crippen LogP contribution in [0.2, 0.25) is 0 Å². The maximum absolute atomic E-state index is 12.7. The van der Waals surface area contributed by atoms with Crippen molar-refractivity contribution in [3.63, 3.8) is 0 Å². The molecule has 0 aromatic heterocycles. The van der Waals surface area contributed by atoms with Crippen molar-refractivity contribution in [2.75, 3.05) is 13.1 Å². The van der Waals surface area contributed by atoms with Crippen LogP contribution in [0.1, 0.15) is 12.8 Å². The van der Waals surface area contributed by atoms with E-state index in [-0.39, 0.29) is 18.0 Å². The van der Waals surface area contributed by atoms with Gasteiger partial charge in [0.25, 0.3) is 0 Å². The van der Waals surface area contributed by atoms with Crippen molar-refractivity contribution in [1.82, 2.24) is 4.31 Å². The first-order valence-corrected chi connectivity index (χ1v) is 8.62. The fourth-order valence-corrected chi connectivity index (χ4v) is 4.31. The first-order valence-electron chi connectivity index (χ1n) is 7.18. The number of benzene rings is 2. The third-order valence-electron chi connectivity index (χ3n) is 4.15. The second-order valence-electron chi connectivity index (χ2n) is 5.51. The first-order chi connectivity index (χ1) is 10.5. The number of carboxylic acids is 1. The Labute approximate surface area is 129 Å². The molecule has 0 unspecified atom stereocenters. The third-order valence-corrected chi connectivity index (χ3v) is 6.04. The van der Waals surface area contributed by atoms with E-state index in [1.807, 2.05) is 24.3 Å². The highest BCUT2D eigenvalue weighted by Crippen LogP contribution is 2.25. The largest absolute Gasteiger partial charge is 0.550 e. The van der Waals surface area contributed by atoms with E-state index >= 15 is 0 Å². The molecule has 0 saturated carbocycles. The Bertz CT molecular complexity index is 808. The van der Waals surface area contributed by atoms with Gasteiger partial charge in [-0.1, -0.05) is 30.3 Å². The zero-order chi connectivity index (χ0) is 15.7. The Morgan fingerprint density at radius 1 is 1.05 bits per heavy atom. The van der Waals surface area contributed by atoms with Crippen LogP contribution in [0, 0.1) is 5.92 Å². The molecule has 3 rings (SSSR count). The first kappa shape index (κ1) is 15.0. The van der Waals surface area contributed by atoms with E-state index < -0.39 is 21.9 Å². The number of carbonyl (C=O) groups excluding carboxylic acids is 1. The Balaban J connectivity index is 1.87. The highest BCUT2D eigenvalue weighted by atomic mass is 32.2. The molecule has 2 aromatic rings. The average molecular weight is 318 g/mol. The van der Waals surface area contributed by atoms with Gasteiger partial charge in [0.1, 0.15) is 0 Å². The third kappa shape index (κ3) is 2.71. The van der Waals surface area contributed by atoms with E-state index in [0.717, 1.165) is 10.8 Å². The predicted molar refractivity (Wildman–Crippen MR) is 80.4 cm³/mol. The quantitative estimate of drug-likeness (QED) is 0.845. The molecule has 116 valence electrons. The van der Waals surface area contributed by atoms with Crippen LogP contribution in [0.25, 0.3) is 10.8 Å². The van der Waals surface area contributed by atoms with Crippen molar-refractivity contribution < 1.29 is 18.3 Å². The van der Waals surface area contributed by atoms with Gasteiger partial charge in [0.15, 0.2) is 0 Å². The topological polar surface area (TPSA) is 77.5 Å². The van der Waals surface area contributed by atoms with Crippen molar-refractivity contribution in [3.8, 4) is 0 Å². The zero-order valence-electron chi connectivity index (χ0n) is 11.9. The fraction of sp³-hybridized carbons (Fsp3) is 0.312. The van der Waals surface area contributed by atoms with Gasteiger partial charge in [0.05, 0.1) is 4.90 Å². The number of fused-ring (bicyclic) bond motifs is 1. The lowest BCUT2D eigenvalue weighted by Gasteiger charge is -2.31. The van der Waals surface area contributed by atoms with E-state index in [1.54, 1.807) is 18.2 Å². The molecule has 6 heteroatoms. The number of hydrogen-bond donors (Lipinski definition) is 0. The smallest absolute Gasteiger partial charge is 0.243 e. The molecule has 22 heavy (non-hydrogen) atoms. The van der Waals surface area contributed by atoms with Crippen molar-refractivity contribution in [2.45, 2.75) is 17.7 Å². The van der Waals surface area contributed by atoms with E-state index in [1.165, 1.54) is 4.31 Å². The van der Waals surface area contributed by atoms with Crippen LogP contribution in [0.4, 0.5) is 0 Å². The summed E-state index contributed by atoms with van der Waals surface area (Å²) < 4.78 is 26.7. The Morgan fingerprint density at radius 3 is 2.32 bits per heavy atom. The van der Waals surface area contributed by atoms with Gasteiger partial charge in [-0.3, -0.25) is 0 Å². The van der Waals surface area contributed by atoms with Gasteiger partial charge in [0.2, 0.25) is 10.0 Å². The number of hydrogen-bond acceptors (Lipinski definition) is 4. The van der Waals surface area contributed by atoms with Crippen LogP contribution >= 0.6 is 0 Å². The van der Waals surface area contributed by atoms with Crippen molar-refractivity contribution in [2.24, 2.45) is 5.92 Å². The van der Waals surface area contributed by atoms with Crippen molar-refractivity contribution in [3.05, 3.63) is 42.5 Å². The lowest BCUT2D eigenvalue weighted by atomic mass is 9.99. The Hall–Kier alpha value is -1.92. The summed E-state index contributed by atoms with van der Waals surface area (Å²) in [5, 5.41) is 12.7. The van der Waals surface area contributed by atoms with Crippen molar-refractivity contribution >= 4 is 26.8 Å². The number of carbonyl (C=O) groups is 1. The second-order valence-corrected chi connectivity index (χ2v) is 7.44. The van der Waals surface area contributed by atoms with Crippen LogP contribution < -0.4 is 5.11 Å². The molecule has 0 amide bonds. The highest BCUT2D eigenvalue weighted by Gasteiger charge is 2.29. The average Bonchev–Trinajstić information content (AvgIpc) is 2.54. The summed E-state index contributed by atoms with van der Waals surface area (Å²) >= 11 is 0. The van der Waals surface area contributed by atoms with Gasteiger partial charge < -0.3 is 9.90 Å². The van der Waals surface area contributed by atoms with E-state index in [9.17, 15) is 18.3 Å². The molecule has 0 spiro atoms. The van der Waals surface area contributed by atoms with E-state index in [4.69, 9.17) is 0 Å². The lowest BCUT2D eigenvalue weighted by molar-refractivity contribution is -0.312. The molecule has 1 aliphatic rings. The molecule has 1 fully saturated rings. The summed E-state index contributed by atoms with van der Waals surface area (Å²) in [5.74, 6) is -1.65. The van der Waals surface area contributed by atoms with E-state index in [0.29, 0.717) is 12.8 Å². The highest BCUT2D eigenvalue weighted by molar-refractivity contribution is 7.89. The second kappa shape index (κ2) is 5.70. The van der Waals surface area contributed by atoms with Crippen LogP contribution in [0.5, 0.6) is 0 Å². The SMILES string of the molecule is O=C([O-])C1CCN(S(=O)(=O)c2ccc3ccccc3c2)CC1. The molecule has 0 aliphatic carbocycles. The van der Waals surface area contributed by atoms with Gasteiger partial charge in [-0.15, -0.1) is 0 Å². The molecule has 0 atom stereocenters. The lowest BCUT2D eigenvalue weighted by Crippen LogP contribution is -2.43. The monoisotopic (exact) mass is 318 g/mol. The van der Waals surface area contributed by atoms with Gasteiger partial charge >= 0.3 is 0 Å². The fourth-order valence-electron chi connectivity index (χ4n) is 2.81. The molecule has 0 bridgehead atoms. The normalized spacial score (nSPS) is 17.6. The minimum atomic E-state index is -3.58. The summed E-state index contributed by atoms with van der Waals surface area (Å²) in [6.45, 7) is 0.432. The maximum atomic E-state index is 12.7. The van der Waals surface area contributed by atoms with Crippen molar-refractivity contribution in [1.29, 1.82) is 0 Å². The number of nitrogens with zero attached hydrogens (tertiary/aromatic N) is 1. The van der Waals surface area contributed by atoms with Crippen LogP contribution in [0.3, 0.4) is 0 Å². The number of carboxylic acid groups (broad SMARTS) is 1. The minimum absolute atomic E-state index is 0.216. The Morgan fingerprint density at radius 2 is 1.68 bits per heavy atom. The van der Waals surface area contributed by atoms with Gasteiger partial charge in [-0.2, -0.15) is 4.31 Å². The maximum Gasteiger partial charge on any atom is 0.243 e. The summed E-state index contributed by atoms with van der Waals surface area (Å²) in [6.07, 6.45) is 0.601. The molecule has 1 saturated heterocycles. The van der Waals surface area contributed by atoms with E-state index in [2.05, 4.69) is 0 Å². The Kier molecular flexibility index (Phi) is 3.88. The van der Waals surface area contributed by atoms with Gasteiger partial charge in [0, 0.05) is 25.0 Å². The molecule has 0 N–H and O–H groups in total. The predicted octanol–water partition coefficient (Wildman–Crippen LogP) is 0.990. The standard InChI is InChI=1S/C16H17NO4S/c18-16(19)13-7-9-17(10-8-13)22(20,21)15-6-5-12-3-1-2-4-14(12)11-15/h1-6,11,13H,7-10H2,(H,18,19)/p-1. The molecule has 1 aliphatic heterocycles. The number of rotatable bonds is 3. The van der Waals surface area contributed by atoms with Crippen LogP contribution in [0.15, 0.2) is 47.4 Å². The number of sulfonamides is 1. The molecule has 0 radical (unpaired) electrons. The number of piperidine rings is 1. The summed E-state index contributed by atoms with van der Waals surface area (Å²) in [4.78, 5) is 11.1. The molecule has 2 aromatic carbocycles. The van der Waals surface area contributed by atoms with Gasteiger partial charge in [-0.25, -0.2) is 8.42 Å². The van der Waals surface area contributed by atoms with Gasteiger partial charge in [-0.05, 0) is 35.7 Å². The zero-order valence-corrected chi connectivity index (χ0v) is 12.8. The number of aliphatic carboxylic acids is 1. The molecule has 5 nitrogen and oxygen atoms in total. The molecule has 1 heterocycles. The van der Waals surface area contributed by atoms with Crippen LogP contribution in [-0.4, -0.2) is 31.8 Å². The summed E-state index contributed by atoms with van der Waals surface area (Å²) in [6, 6.07) is 12.6. The molecular formula is C16H16NO4S-. The summed E-state index contributed by atoms with van der Waals surface area (Å²) in [7, 11) is -3.58.